The summed E-state index contributed by atoms with van der Waals surface area (Å²) in [6, 6.07) is 15.5. The predicted molar refractivity (Wildman–Crippen MR) is 89.6 cm³/mol. The highest BCUT2D eigenvalue weighted by Crippen LogP contribution is 2.36. The fourth-order valence-corrected chi connectivity index (χ4v) is 2.87. The lowest BCUT2D eigenvalue weighted by Crippen LogP contribution is -2.42. The van der Waals surface area contributed by atoms with Crippen LogP contribution >= 0.6 is 0 Å². The number of anilines is 1. The molecule has 0 aliphatic carbocycles. The van der Waals surface area contributed by atoms with E-state index in [4.69, 9.17) is 9.47 Å². The van der Waals surface area contributed by atoms with Crippen molar-refractivity contribution in [1.29, 1.82) is 0 Å². The zero-order valence-corrected chi connectivity index (χ0v) is 13.7. The summed E-state index contributed by atoms with van der Waals surface area (Å²) in [6.45, 7) is 3.96. The number of amides is 1. The van der Waals surface area contributed by atoms with Gasteiger partial charge in [-0.15, -0.1) is 0 Å². The van der Waals surface area contributed by atoms with Gasteiger partial charge in [-0.3, -0.25) is 9.69 Å². The number of rotatable bonds is 4. The second-order valence-electron chi connectivity index (χ2n) is 5.87. The van der Waals surface area contributed by atoms with Gasteiger partial charge < -0.3 is 9.47 Å². The number of carbonyl (C=O) groups is 1. The number of ether oxygens (including phenoxy) is 2. The zero-order chi connectivity index (χ0) is 16.4. The molecule has 1 atom stereocenters. The van der Waals surface area contributed by atoms with Gasteiger partial charge in [-0.1, -0.05) is 24.3 Å². The first-order chi connectivity index (χ1) is 11.1. The predicted octanol–water partition coefficient (Wildman–Crippen LogP) is 3.71. The molecule has 0 spiro atoms. The van der Waals surface area contributed by atoms with Gasteiger partial charge in [0.15, 0.2) is 6.23 Å². The third-order valence-electron chi connectivity index (χ3n) is 3.92. The molecule has 1 amide bonds. The number of methoxy groups -OCH3 is 1. The van der Waals surface area contributed by atoms with Gasteiger partial charge in [-0.05, 0) is 43.7 Å². The van der Waals surface area contributed by atoms with Crippen LogP contribution in [-0.4, -0.2) is 19.1 Å². The number of fused-ring (bicyclic) bond motifs is 1. The van der Waals surface area contributed by atoms with Crippen molar-refractivity contribution in [2.75, 3.05) is 12.0 Å². The quantitative estimate of drug-likeness (QED) is 0.864. The second kappa shape index (κ2) is 6.42. The number of benzene rings is 2. The maximum Gasteiger partial charge on any atom is 0.233 e. The first kappa shape index (κ1) is 15.6. The molecule has 4 nitrogen and oxygen atoms in total. The molecule has 0 bridgehead atoms. The molecule has 1 aliphatic heterocycles. The SMILES string of the molecule is COc1ccc(N2C(=O)Cc3ccccc3C2OC(C)C)cc1. The van der Waals surface area contributed by atoms with E-state index in [1.54, 1.807) is 12.0 Å². The van der Waals surface area contributed by atoms with Gasteiger partial charge in [-0.2, -0.15) is 0 Å². The Morgan fingerprint density at radius 2 is 1.78 bits per heavy atom. The molecule has 0 aromatic heterocycles. The maximum absolute atomic E-state index is 12.7. The molecule has 120 valence electrons. The maximum atomic E-state index is 12.7. The Hall–Kier alpha value is -2.33. The minimum atomic E-state index is -0.402. The summed E-state index contributed by atoms with van der Waals surface area (Å²) in [7, 11) is 1.63. The highest BCUT2D eigenvalue weighted by atomic mass is 16.5. The Bertz CT molecular complexity index is 694. The van der Waals surface area contributed by atoms with Crippen molar-refractivity contribution in [2.45, 2.75) is 32.6 Å². The molecule has 1 aliphatic rings. The monoisotopic (exact) mass is 311 g/mol. The van der Waals surface area contributed by atoms with Crippen LogP contribution in [0.3, 0.4) is 0 Å². The lowest BCUT2D eigenvalue weighted by molar-refractivity contribution is -0.122. The molecule has 0 saturated carbocycles. The van der Waals surface area contributed by atoms with Gasteiger partial charge in [0.1, 0.15) is 5.75 Å². The summed E-state index contributed by atoms with van der Waals surface area (Å²) < 4.78 is 11.3. The zero-order valence-electron chi connectivity index (χ0n) is 13.7. The van der Waals surface area contributed by atoms with Gasteiger partial charge >= 0.3 is 0 Å². The minimum absolute atomic E-state index is 0.0136. The molecule has 2 aromatic rings. The molecular weight excluding hydrogens is 290 g/mol. The summed E-state index contributed by atoms with van der Waals surface area (Å²) in [5, 5.41) is 0. The van der Waals surface area contributed by atoms with E-state index in [-0.39, 0.29) is 12.0 Å². The summed E-state index contributed by atoms with van der Waals surface area (Å²) in [5.41, 5.74) is 2.90. The second-order valence-corrected chi connectivity index (χ2v) is 5.87. The van der Waals surface area contributed by atoms with Gasteiger partial charge in [0, 0.05) is 11.3 Å². The van der Waals surface area contributed by atoms with Crippen LogP contribution in [0.4, 0.5) is 5.69 Å². The third kappa shape index (κ3) is 3.08. The third-order valence-corrected chi connectivity index (χ3v) is 3.92. The van der Waals surface area contributed by atoms with E-state index in [9.17, 15) is 4.79 Å². The summed E-state index contributed by atoms with van der Waals surface area (Å²) in [5.74, 6) is 0.805. The normalized spacial score (nSPS) is 17.3. The van der Waals surface area contributed by atoms with Crippen LogP contribution in [0.1, 0.15) is 31.2 Å². The van der Waals surface area contributed by atoms with Crippen LogP contribution in [0.15, 0.2) is 48.5 Å². The van der Waals surface area contributed by atoms with Crippen molar-refractivity contribution in [1.82, 2.24) is 0 Å². The topological polar surface area (TPSA) is 38.8 Å². The Morgan fingerprint density at radius 3 is 2.43 bits per heavy atom. The van der Waals surface area contributed by atoms with Gasteiger partial charge in [-0.25, -0.2) is 0 Å². The van der Waals surface area contributed by atoms with Crippen molar-refractivity contribution >= 4 is 11.6 Å². The first-order valence-electron chi connectivity index (χ1n) is 7.79. The average molecular weight is 311 g/mol. The molecule has 4 heteroatoms. The number of carbonyl (C=O) groups excluding carboxylic acids is 1. The summed E-state index contributed by atoms with van der Waals surface area (Å²) in [6.07, 6.45) is 0.000665. The summed E-state index contributed by atoms with van der Waals surface area (Å²) >= 11 is 0. The highest BCUT2D eigenvalue weighted by molar-refractivity contribution is 5.97. The number of hydrogen-bond donors (Lipinski definition) is 0. The Kier molecular flexibility index (Phi) is 4.35. The minimum Gasteiger partial charge on any atom is -0.497 e. The number of nitrogens with zero attached hydrogens (tertiary/aromatic N) is 1. The molecule has 1 unspecified atom stereocenters. The molecule has 0 N–H and O–H groups in total. The molecular formula is C19H21NO3. The molecule has 1 heterocycles. The lowest BCUT2D eigenvalue weighted by Gasteiger charge is -2.37. The van der Waals surface area contributed by atoms with Gasteiger partial charge in [0.2, 0.25) is 5.91 Å². The van der Waals surface area contributed by atoms with Gasteiger partial charge in [0.05, 0.1) is 19.6 Å². The van der Waals surface area contributed by atoms with E-state index in [2.05, 4.69) is 0 Å². The van der Waals surface area contributed by atoms with Crippen LogP contribution in [0, 0.1) is 0 Å². The van der Waals surface area contributed by atoms with Crippen molar-refractivity contribution in [3.8, 4) is 5.75 Å². The van der Waals surface area contributed by atoms with Crippen LogP contribution < -0.4 is 9.64 Å². The van der Waals surface area contributed by atoms with E-state index in [1.807, 2.05) is 62.4 Å². The van der Waals surface area contributed by atoms with E-state index in [0.29, 0.717) is 6.42 Å². The molecule has 0 fully saturated rings. The fourth-order valence-electron chi connectivity index (χ4n) is 2.87. The van der Waals surface area contributed by atoms with Crippen LogP contribution in [0.5, 0.6) is 5.75 Å². The Balaban J connectivity index is 2.03. The lowest BCUT2D eigenvalue weighted by atomic mass is 9.97. The largest absolute Gasteiger partial charge is 0.497 e. The molecule has 0 saturated heterocycles. The average Bonchev–Trinajstić information content (AvgIpc) is 2.55. The standard InChI is InChI=1S/C19H21NO3/c1-13(2)23-19-17-7-5-4-6-14(17)12-18(21)20(19)15-8-10-16(22-3)11-9-15/h4-11,13,19H,12H2,1-3H3. The molecule has 23 heavy (non-hydrogen) atoms. The first-order valence-corrected chi connectivity index (χ1v) is 7.79. The van der Waals surface area contributed by atoms with Crippen molar-refractivity contribution in [2.24, 2.45) is 0 Å². The smallest absolute Gasteiger partial charge is 0.233 e. The van der Waals surface area contributed by atoms with Crippen molar-refractivity contribution < 1.29 is 14.3 Å². The molecule has 3 rings (SSSR count). The Labute approximate surface area is 136 Å². The van der Waals surface area contributed by atoms with Crippen LogP contribution in [-0.2, 0) is 16.0 Å². The van der Waals surface area contributed by atoms with Crippen LogP contribution in [0.2, 0.25) is 0 Å². The van der Waals surface area contributed by atoms with E-state index >= 15 is 0 Å². The molecule has 0 radical (unpaired) electrons. The molecule has 2 aromatic carbocycles. The van der Waals surface area contributed by atoms with E-state index in [1.165, 1.54) is 0 Å². The van der Waals surface area contributed by atoms with Crippen LogP contribution in [0.25, 0.3) is 0 Å². The Morgan fingerprint density at radius 1 is 1.09 bits per heavy atom. The van der Waals surface area contributed by atoms with Gasteiger partial charge in [0.25, 0.3) is 0 Å². The van der Waals surface area contributed by atoms with Crippen molar-refractivity contribution in [3.63, 3.8) is 0 Å². The van der Waals surface area contributed by atoms with E-state index < -0.39 is 6.23 Å². The fraction of sp³-hybridized carbons (Fsp3) is 0.316. The summed E-state index contributed by atoms with van der Waals surface area (Å²) in [4.78, 5) is 14.5. The highest BCUT2D eigenvalue weighted by Gasteiger charge is 2.34. The van der Waals surface area contributed by atoms with Crippen molar-refractivity contribution in [3.05, 3.63) is 59.7 Å². The number of hydrogen-bond acceptors (Lipinski definition) is 3. The van der Waals surface area contributed by atoms with E-state index in [0.717, 1.165) is 22.6 Å².